The number of cyclic esters (lactones) is 1. The van der Waals surface area contributed by atoms with E-state index in [2.05, 4.69) is 6.07 Å². The molecule has 1 atom stereocenters. The fraction of sp³-hybridized carbons (Fsp3) is 0.238. The highest BCUT2D eigenvalue weighted by molar-refractivity contribution is 5.83. The van der Waals surface area contributed by atoms with Crippen molar-refractivity contribution in [2.24, 2.45) is 0 Å². The van der Waals surface area contributed by atoms with Gasteiger partial charge in [-0.25, -0.2) is 4.79 Å². The summed E-state index contributed by atoms with van der Waals surface area (Å²) in [5.74, 6) is -0.695. The largest absolute Gasteiger partial charge is 0.458 e. The Hall–Kier alpha value is -2.92. The van der Waals surface area contributed by atoms with Crippen molar-refractivity contribution in [3.63, 3.8) is 0 Å². The van der Waals surface area contributed by atoms with Crippen LogP contribution in [0.4, 0.5) is 0 Å². The fourth-order valence-electron chi connectivity index (χ4n) is 3.51. The molecule has 0 bridgehead atoms. The monoisotopic (exact) mass is 349 g/mol. The van der Waals surface area contributed by atoms with Crippen molar-refractivity contribution in [2.45, 2.75) is 32.1 Å². The van der Waals surface area contributed by atoms with Crippen LogP contribution in [0.5, 0.6) is 0 Å². The third-order valence-corrected chi connectivity index (χ3v) is 5.07. The summed E-state index contributed by atoms with van der Waals surface area (Å²) in [5, 5.41) is 12.9. The minimum absolute atomic E-state index is 0.103. The van der Waals surface area contributed by atoms with E-state index in [1.54, 1.807) is 23.8 Å². The Bertz CT molecular complexity index is 1070. The number of fused-ring (bicyclic) bond motifs is 2. The lowest BCUT2D eigenvalue weighted by Crippen LogP contribution is -2.44. The molecule has 0 amide bonds. The molecule has 1 aliphatic rings. The molecular weight excluding hydrogens is 330 g/mol. The summed E-state index contributed by atoms with van der Waals surface area (Å²) < 4.78 is 6.63. The molecule has 0 spiro atoms. The normalized spacial score (nSPS) is 19.2. The van der Waals surface area contributed by atoms with Gasteiger partial charge < -0.3 is 14.4 Å². The summed E-state index contributed by atoms with van der Waals surface area (Å²) in [6, 6.07) is 15.8. The third kappa shape index (κ3) is 2.52. The number of benzene rings is 2. The van der Waals surface area contributed by atoms with E-state index in [1.807, 2.05) is 36.4 Å². The Morgan fingerprint density at radius 2 is 1.88 bits per heavy atom. The lowest BCUT2D eigenvalue weighted by atomic mass is 9.87. The van der Waals surface area contributed by atoms with Crippen LogP contribution in [-0.4, -0.2) is 15.6 Å². The van der Waals surface area contributed by atoms with Crippen molar-refractivity contribution in [3.05, 3.63) is 81.8 Å². The average Bonchev–Trinajstić information content (AvgIpc) is 2.67. The molecule has 0 radical (unpaired) electrons. The Balaban J connectivity index is 1.74. The second-order valence-electron chi connectivity index (χ2n) is 6.61. The predicted octanol–water partition coefficient (Wildman–Crippen LogP) is 2.70. The van der Waals surface area contributed by atoms with E-state index in [0.29, 0.717) is 17.7 Å². The van der Waals surface area contributed by atoms with E-state index in [0.717, 1.165) is 16.3 Å². The van der Waals surface area contributed by atoms with Crippen LogP contribution in [0, 0.1) is 0 Å². The zero-order valence-electron chi connectivity index (χ0n) is 14.4. The van der Waals surface area contributed by atoms with Crippen LogP contribution in [0.25, 0.3) is 10.8 Å². The number of esters is 1. The second-order valence-corrected chi connectivity index (χ2v) is 6.61. The van der Waals surface area contributed by atoms with E-state index in [-0.39, 0.29) is 18.6 Å². The summed E-state index contributed by atoms with van der Waals surface area (Å²) >= 11 is 0. The molecule has 132 valence electrons. The number of aromatic nitrogens is 1. The first-order valence-corrected chi connectivity index (χ1v) is 8.63. The third-order valence-electron chi connectivity index (χ3n) is 5.07. The molecule has 2 heterocycles. The maximum atomic E-state index is 12.9. The van der Waals surface area contributed by atoms with Gasteiger partial charge in [-0.15, -0.1) is 0 Å². The smallest absolute Gasteiger partial charge is 0.343 e. The highest BCUT2D eigenvalue weighted by atomic mass is 16.6. The van der Waals surface area contributed by atoms with E-state index in [9.17, 15) is 14.7 Å². The number of aliphatic hydroxyl groups is 1. The first-order chi connectivity index (χ1) is 12.5. The lowest BCUT2D eigenvalue weighted by molar-refractivity contribution is -0.172. The first kappa shape index (κ1) is 16.5. The SMILES string of the molecule is CCC1(O)C(=O)OCc2c1ccn(Cc1ccc3ccccc3c1)c2=O. The predicted molar refractivity (Wildman–Crippen MR) is 97.7 cm³/mol. The number of pyridine rings is 1. The molecule has 0 saturated heterocycles. The van der Waals surface area contributed by atoms with Crippen molar-refractivity contribution in [1.82, 2.24) is 4.57 Å². The molecule has 5 heteroatoms. The topological polar surface area (TPSA) is 68.5 Å². The summed E-state index contributed by atoms with van der Waals surface area (Å²) in [6.45, 7) is 2.00. The summed E-state index contributed by atoms with van der Waals surface area (Å²) in [6.07, 6.45) is 1.79. The molecule has 0 saturated carbocycles. The number of rotatable bonds is 3. The highest BCUT2D eigenvalue weighted by Gasteiger charge is 2.43. The molecule has 1 N–H and O–H groups in total. The van der Waals surface area contributed by atoms with Gasteiger partial charge >= 0.3 is 5.97 Å². The Labute approximate surface area is 150 Å². The summed E-state index contributed by atoms with van der Waals surface area (Å²) in [4.78, 5) is 24.8. The average molecular weight is 349 g/mol. The van der Waals surface area contributed by atoms with Gasteiger partial charge in [-0.2, -0.15) is 0 Å². The van der Waals surface area contributed by atoms with Crippen LogP contribution in [0.3, 0.4) is 0 Å². The van der Waals surface area contributed by atoms with Gasteiger partial charge in [-0.3, -0.25) is 4.79 Å². The van der Waals surface area contributed by atoms with Crippen LogP contribution in [0.2, 0.25) is 0 Å². The van der Waals surface area contributed by atoms with Gasteiger partial charge in [0.2, 0.25) is 0 Å². The number of hydrogen-bond donors (Lipinski definition) is 1. The molecule has 5 nitrogen and oxygen atoms in total. The quantitative estimate of drug-likeness (QED) is 0.738. The van der Waals surface area contributed by atoms with Crippen LogP contribution in [-0.2, 0) is 28.3 Å². The minimum Gasteiger partial charge on any atom is -0.458 e. The van der Waals surface area contributed by atoms with Crippen LogP contribution >= 0.6 is 0 Å². The van der Waals surface area contributed by atoms with E-state index < -0.39 is 11.6 Å². The zero-order chi connectivity index (χ0) is 18.3. The highest BCUT2D eigenvalue weighted by Crippen LogP contribution is 2.32. The molecule has 1 aromatic heterocycles. The summed E-state index contributed by atoms with van der Waals surface area (Å²) in [5.41, 5.74) is -0.276. The molecule has 0 fully saturated rings. The van der Waals surface area contributed by atoms with Crippen LogP contribution < -0.4 is 5.56 Å². The summed E-state index contributed by atoms with van der Waals surface area (Å²) in [7, 11) is 0. The molecule has 0 aliphatic carbocycles. The molecule has 26 heavy (non-hydrogen) atoms. The molecular formula is C21H19NO4. The molecule has 1 aliphatic heterocycles. The van der Waals surface area contributed by atoms with E-state index >= 15 is 0 Å². The maximum absolute atomic E-state index is 12.9. The zero-order valence-corrected chi connectivity index (χ0v) is 14.4. The van der Waals surface area contributed by atoms with Crippen LogP contribution in [0.1, 0.15) is 30.0 Å². The fourth-order valence-corrected chi connectivity index (χ4v) is 3.51. The van der Waals surface area contributed by atoms with Crippen molar-refractivity contribution in [3.8, 4) is 0 Å². The molecule has 1 unspecified atom stereocenters. The van der Waals surface area contributed by atoms with Crippen molar-refractivity contribution in [2.75, 3.05) is 0 Å². The van der Waals surface area contributed by atoms with Crippen LogP contribution in [0.15, 0.2) is 59.5 Å². The van der Waals surface area contributed by atoms with Gasteiger partial charge in [0.05, 0.1) is 12.1 Å². The molecule has 4 rings (SSSR count). The Kier molecular flexibility index (Phi) is 3.89. The van der Waals surface area contributed by atoms with Gasteiger partial charge in [0.15, 0.2) is 5.60 Å². The van der Waals surface area contributed by atoms with Gasteiger partial charge in [0.25, 0.3) is 5.56 Å². The van der Waals surface area contributed by atoms with Crippen molar-refractivity contribution >= 4 is 16.7 Å². The Morgan fingerprint density at radius 3 is 2.65 bits per heavy atom. The Morgan fingerprint density at radius 1 is 1.12 bits per heavy atom. The lowest BCUT2D eigenvalue weighted by Gasteiger charge is -2.31. The molecule has 3 aromatic rings. The molecule has 2 aromatic carbocycles. The maximum Gasteiger partial charge on any atom is 0.343 e. The number of nitrogens with zero attached hydrogens (tertiary/aromatic N) is 1. The number of carbonyl (C=O) groups excluding carboxylic acids is 1. The van der Waals surface area contributed by atoms with Crippen molar-refractivity contribution in [1.29, 1.82) is 0 Å². The van der Waals surface area contributed by atoms with Gasteiger partial charge in [0.1, 0.15) is 6.61 Å². The first-order valence-electron chi connectivity index (χ1n) is 8.63. The van der Waals surface area contributed by atoms with Gasteiger partial charge in [-0.1, -0.05) is 43.3 Å². The second kappa shape index (κ2) is 6.11. The van der Waals surface area contributed by atoms with E-state index in [4.69, 9.17) is 4.74 Å². The standard InChI is InChI=1S/C21H19NO4/c1-2-21(25)18-9-10-22(19(23)17(18)13-26-20(21)24)12-14-7-8-15-5-3-4-6-16(15)11-14/h3-11,25H,2,12-13H2,1H3. The van der Waals surface area contributed by atoms with Crippen molar-refractivity contribution < 1.29 is 14.6 Å². The number of ether oxygens (including phenoxy) is 1. The number of hydrogen-bond acceptors (Lipinski definition) is 4. The van der Waals surface area contributed by atoms with E-state index in [1.165, 1.54) is 0 Å². The number of carbonyl (C=O) groups is 1. The van der Waals surface area contributed by atoms with Gasteiger partial charge in [-0.05, 0) is 34.9 Å². The van der Waals surface area contributed by atoms with Gasteiger partial charge in [0, 0.05) is 11.8 Å². The minimum atomic E-state index is -1.74.